The molecule has 204 valence electrons. The van der Waals surface area contributed by atoms with E-state index in [-0.39, 0.29) is 17.6 Å². The third-order valence-corrected chi connectivity index (χ3v) is 6.98. The molecule has 4 aromatic rings. The number of ether oxygens (including phenoxy) is 2. The van der Waals surface area contributed by atoms with Gasteiger partial charge in [0.1, 0.15) is 11.8 Å². The molecule has 1 aliphatic heterocycles. The lowest BCUT2D eigenvalue weighted by Crippen LogP contribution is -2.28. The molecule has 4 heterocycles. The fourth-order valence-electron chi connectivity index (χ4n) is 4.95. The molecule has 39 heavy (non-hydrogen) atoms. The SMILES string of the molecule is COC(=O)c1c(NC(=O)[C@@H]2CCCO2)c2cc(N[C@@H](C)CCn3cccn3)cnc2n1CCc1ccccc1. The molecule has 1 aromatic carbocycles. The molecule has 0 spiro atoms. The van der Waals surface area contributed by atoms with E-state index in [0.29, 0.717) is 42.7 Å². The molecule has 0 radical (unpaired) electrons. The van der Waals surface area contributed by atoms with E-state index < -0.39 is 12.1 Å². The van der Waals surface area contributed by atoms with E-state index in [0.717, 1.165) is 30.6 Å². The van der Waals surface area contributed by atoms with Crippen molar-refractivity contribution in [2.24, 2.45) is 0 Å². The standard InChI is InChI=1S/C29H34N6O4/c1-20(11-15-34-14-7-13-31-34)32-22-18-23-25(33-28(36)24-10-6-17-39-24)26(29(37)38-2)35(27(23)30-19-22)16-12-21-8-4-3-5-9-21/h3-5,7-9,13-14,18-20,24,32H,6,10-12,15-17H2,1-2H3,(H,33,36)/t20-,24-/m0/s1. The summed E-state index contributed by atoms with van der Waals surface area (Å²) in [5, 5.41) is 11.4. The summed E-state index contributed by atoms with van der Waals surface area (Å²) in [7, 11) is 1.34. The first kappa shape index (κ1) is 26.4. The smallest absolute Gasteiger partial charge is 0.356 e. The Balaban J connectivity index is 1.49. The van der Waals surface area contributed by atoms with E-state index in [4.69, 9.17) is 14.5 Å². The Hall–Kier alpha value is -4.18. The van der Waals surface area contributed by atoms with Crippen LogP contribution in [-0.2, 0) is 33.8 Å². The highest BCUT2D eigenvalue weighted by atomic mass is 16.5. The number of aryl methyl sites for hydroxylation is 3. The van der Waals surface area contributed by atoms with Crippen molar-refractivity contribution in [3.8, 4) is 0 Å². The zero-order chi connectivity index (χ0) is 27.2. The van der Waals surface area contributed by atoms with Gasteiger partial charge in [-0.05, 0) is 50.3 Å². The number of nitrogens with one attached hydrogen (secondary N) is 2. The van der Waals surface area contributed by atoms with Crippen molar-refractivity contribution in [3.05, 3.63) is 72.3 Å². The largest absolute Gasteiger partial charge is 0.464 e. The van der Waals surface area contributed by atoms with Gasteiger partial charge in [0.15, 0.2) is 5.69 Å². The van der Waals surface area contributed by atoms with Crippen LogP contribution in [0.1, 0.15) is 42.2 Å². The molecule has 1 saturated heterocycles. The number of benzene rings is 1. The minimum atomic E-state index is -0.546. The second kappa shape index (κ2) is 12.1. The second-order valence-corrected chi connectivity index (χ2v) is 9.79. The van der Waals surface area contributed by atoms with E-state index in [1.54, 1.807) is 12.4 Å². The summed E-state index contributed by atoms with van der Waals surface area (Å²) >= 11 is 0. The molecule has 10 heteroatoms. The molecule has 10 nitrogen and oxygen atoms in total. The number of amides is 1. The fourth-order valence-corrected chi connectivity index (χ4v) is 4.95. The number of fused-ring (bicyclic) bond motifs is 1. The number of hydrogen-bond acceptors (Lipinski definition) is 7. The highest BCUT2D eigenvalue weighted by molar-refractivity contribution is 6.12. The van der Waals surface area contributed by atoms with Crippen LogP contribution in [0.15, 0.2) is 61.1 Å². The monoisotopic (exact) mass is 530 g/mol. The van der Waals surface area contributed by atoms with Crippen molar-refractivity contribution in [1.29, 1.82) is 0 Å². The Labute approximate surface area is 227 Å². The number of anilines is 2. The molecular formula is C29H34N6O4. The molecule has 5 rings (SSSR count). The lowest BCUT2D eigenvalue weighted by atomic mass is 10.1. The first-order valence-corrected chi connectivity index (χ1v) is 13.3. The van der Waals surface area contributed by atoms with Crippen molar-refractivity contribution in [3.63, 3.8) is 0 Å². The fraction of sp³-hybridized carbons (Fsp3) is 0.379. The van der Waals surface area contributed by atoms with Gasteiger partial charge in [-0.2, -0.15) is 5.10 Å². The lowest BCUT2D eigenvalue weighted by molar-refractivity contribution is -0.124. The maximum absolute atomic E-state index is 13.1. The van der Waals surface area contributed by atoms with Gasteiger partial charge in [-0.1, -0.05) is 30.3 Å². The molecule has 0 aliphatic carbocycles. The zero-order valence-electron chi connectivity index (χ0n) is 22.3. The number of hydrogen-bond donors (Lipinski definition) is 2. The number of carbonyl (C=O) groups is 2. The molecule has 0 unspecified atom stereocenters. The minimum absolute atomic E-state index is 0.138. The molecule has 3 aromatic heterocycles. The van der Waals surface area contributed by atoms with E-state index in [2.05, 4.69) is 22.7 Å². The summed E-state index contributed by atoms with van der Waals surface area (Å²) in [6.45, 7) is 3.91. The van der Waals surface area contributed by atoms with Crippen molar-refractivity contribution in [1.82, 2.24) is 19.3 Å². The van der Waals surface area contributed by atoms with Crippen LogP contribution in [0.4, 0.5) is 11.4 Å². The number of esters is 1. The first-order valence-electron chi connectivity index (χ1n) is 13.3. The zero-order valence-corrected chi connectivity index (χ0v) is 22.3. The van der Waals surface area contributed by atoms with E-state index in [1.807, 2.05) is 57.9 Å². The third kappa shape index (κ3) is 6.12. The van der Waals surface area contributed by atoms with Crippen molar-refractivity contribution in [2.45, 2.75) is 57.8 Å². The average molecular weight is 531 g/mol. The van der Waals surface area contributed by atoms with Crippen LogP contribution in [0.3, 0.4) is 0 Å². The molecule has 1 aliphatic rings. The Morgan fingerprint density at radius 3 is 2.77 bits per heavy atom. The Morgan fingerprint density at radius 1 is 1.21 bits per heavy atom. The van der Waals surface area contributed by atoms with Crippen molar-refractivity contribution < 1.29 is 19.1 Å². The Kier molecular flexibility index (Phi) is 8.21. The highest BCUT2D eigenvalue weighted by Gasteiger charge is 2.30. The Bertz CT molecular complexity index is 1410. The van der Waals surface area contributed by atoms with Crippen LogP contribution in [-0.4, -0.2) is 57.1 Å². The van der Waals surface area contributed by atoms with Gasteiger partial charge in [-0.25, -0.2) is 9.78 Å². The minimum Gasteiger partial charge on any atom is -0.464 e. The number of pyridine rings is 1. The van der Waals surface area contributed by atoms with E-state index in [9.17, 15) is 9.59 Å². The van der Waals surface area contributed by atoms with Crippen LogP contribution in [0, 0.1) is 0 Å². The molecular weight excluding hydrogens is 496 g/mol. The number of aromatic nitrogens is 4. The normalized spacial score (nSPS) is 15.8. The average Bonchev–Trinajstić information content (AvgIpc) is 3.73. The second-order valence-electron chi connectivity index (χ2n) is 9.79. The summed E-state index contributed by atoms with van der Waals surface area (Å²) in [5.74, 6) is -0.809. The number of carbonyl (C=O) groups excluding carboxylic acids is 2. The van der Waals surface area contributed by atoms with Gasteiger partial charge < -0.3 is 24.7 Å². The lowest BCUT2D eigenvalue weighted by Gasteiger charge is -2.15. The molecule has 1 amide bonds. The molecule has 0 bridgehead atoms. The topological polar surface area (TPSA) is 112 Å². The first-order chi connectivity index (χ1) is 19.0. The van der Waals surface area contributed by atoms with Crippen molar-refractivity contribution in [2.75, 3.05) is 24.4 Å². The van der Waals surface area contributed by atoms with E-state index in [1.165, 1.54) is 7.11 Å². The number of methoxy groups -OCH3 is 1. The highest BCUT2D eigenvalue weighted by Crippen LogP contribution is 2.34. The van der Waals surface area contributed by atoms with Crippen molar-refractivity contribution >= 4 is 34.3 Å². The predicted octanol–water partition coefficient (Wildman–Crippen LogP) is 4.27. The predicted molar refractivity (Wildman–Crippen MR) is 149 cm³/mol. The van der Waals surface area contributed by atoms with Gasteiger partial charge in [0.05, 0.1) is 24.7 Å². The van der Waals surface area contributed by atoms with Gasteiger partial charge in [-0.15, -0.1) is 0 Å². The number of nitrogens with zero attached hydrogens (tertiary/aromatic N) is 4. The summed E-state index contributed by atoms with van der Waals surface area (Å²) < 4.78 is 14.5. The molecule has 1 fully saturated rings. The maximum Gasteiger partial charge on any atom is 0.356 e. The Morgan fingerprint density at radius 2 is 2.05 bits per heavy atom. The van der Waals surface area contributed by atoms with Gasteiger partial charge in [0, 0.05) is 43.5 Å². The summed E-state index contributed by atoms with van der Waals surface area (Å²) in [4.78, 5) is 31.0. The third-order valence-electron chi connectivity index (χ3n) is 6.98. The van der Waals surface area contributed by atoms with Crippen LogP contribution in [0.2, 0.25) is 0 Å². The molecule has 0 saturated carbocycles. The van der Waals surface area contributed by atoms with Gasteiger partial charge in [-0.3, -0.25) is 9.48 Å². The summed E-state index contributed by atoms with van der Waals surface area (Å²) in [5.41, 5.74) is 3.18. The quantitative estimate of drug-likeness (QED) is 0.279. The van der Waals surface area contributed by atoms with Gasteiger partial charge in [0.2, 0.25) is 0 Å². The van der Waals surface area contributed by atoms with Gasteiger partial charge in [0.25, 0.3) is 5.91 Å². The van der Waals surface area contributed by atoms with Crippen LogP contribution >= 0.6 is 0 Å². The van der Waals surface area contributed by atoms with Crippen LogP contribution < -0.4 is 10.6 Å². The van der Waals surface area contributed by atoms with Crippen LogP contribution in [0.25, 0.3) is 11.0 Å². The molecule has 2 N–H and O–H groups in total. The van der Waals surface area contributed by atoms with Gasteiger partial charge >= 0.3 is 5.97 Å². The number of rotatable bonds is 11. The maximum atomic E-state index is 13.1. The van der Waals surface area contributed by atoms with Crippen LogP contribution in [0.5, 0.6) is 0 Å². The van der Waals surface area contributed by atoms with E-state index >= 15 is 0 Å². The molecule has 2 atom stereocenters. The summed E-state index contributed by atoms with van der Waals surface area (Å²) in [6.07, 6.45) is 7.93. The summed E-state index contributed by atoms with van der Waals surface area (Å²) in [6, 6.07) is 14.0.